The van der Waals surface area contributed by atoms with Crippen LogP contribution in [0.15, 0.2) is 54.7 Å². The zero-order chi connectivity index (χ0) is 19.9. The van der Waals surface area contributed by atoms with Crippen molar-refractivity contribution < 1.29 is 9.84 Å². The molecule has 8 heteroatoms. The van der Waals surface area contributed by atoms with Gasteiger partial charge in [0.15, 0.2) is 0 Å². The summed E-state index contributed by atoms with van der Waals surface area (Å²) in [6, 6.07) is 15.8. The van der Waals surface area contributed by atoms with Crippen LogP contribution in [-0.2, 0) is 4.74 Å². The van der Waals surface area contributed by atoms with Crippen molar-refractivity contribution >= 4 is 23.1 Å². The van der Waals surface area contributed by atoms with Crippen LogP contribution in [0.2, 0.25) is 0 Å². The number of benzene rings is 1. The van der Waals surface area contributed by atoms with Gasteiger partial charge in [-0.15, -0.1) is 0 Å². The Bertz CT molecular complexity index is 914. The van der Waals surface area contributed by atoms with Gasteiger partial charge in [0.2, 0.25) is 5.95 Å². The maximum absolute atomic E-state index is 9.09. The summed E-state index contributed by atoms with van der Waals surface area (Å²) in [6.45, 7) is 3.72. The van der Waals surface area contributed by atoms with Crippen molar-refractivity contribution in [2.45, 2.75) is 0 Å². The molecule has 8 nitrogen and oxygen atoms in total. The fourth-order valence-electron chi connectivity index (χ4n) is 3.13. The summed E-state index contributed by atoms with van der Waals surface area (Å²) in [5.74, 6) is 1.09. The molecule has 3 N–H and O–H groups in total. The standard InChI is InChI=1S/C21H24N6O2/c28-12-9-23-21-25-19(18-3-1-2-8-22-18)15-20(26-21)24-16-4-6-17(7-5-16)27-10-13-29-14-11-27/h1-8,15,28H,9-14H2,(H2,23,24,25,26). The Labute approximate surface area is 169 Å². The van der Waals surface area contributed by atoms with Gasteiger partial charge in [-0.3, -0.25) is 4.98 Å². The van der Waals surface area contributed by atoms with Gasteiger partial charge in [0, 0.05) is 43.3 Å². The third-order valence-electron chi connectivity index (χ3n) is 4.56. The maximum Gasteiger partial charge on any atom is 0.225 e. The lowest BCUT2D eigenvalue weighted by molar-refractivity contribution is 0.122. The second kappa shape index (κ2) is 9.31. The summed E-state index contributed by atoms with van der Waals surface area (Å²) in [5, 5.41) is 15.5. The van der Waals surface area contributed by atoms with Crippen LogP contribution < -0.4 is 15.5 Å². The molecule has 3 heterocycles. The van der Waals surface area contributed by atoms with Crippen LogP contribution in [0.4, 0.5) is 23.1 Å². The number of ether oxygens (including phenoxy) is 1. The van der Waals surface area contributed by atoms with Gasteiger partial charge >= 0.3 is 0 Å². The third kappa shape index (κ3) is 4.98. The number of aromatic nitrogens is 3. The summed E-state index contributed by atoms with van der Waals surface area (Å²) in [6.07, 6.45) is 1.73. The van der Waals surface area contributed by atoms with Gasteiger partial charge in [-0.05, 0) is 36.4 Å². The molecule has 150 valence electrons. The van der Waals surface area contributed by atoms with E-state index in [0.29, 0.717) is 24.0 Å². The smallest absolute Gasteiger partial charge is 0.225 e. The maximum atomic E-state index is 9.09. The highest BCUT2D eigenvalue weighted by molar-refractivity contribution is 5.66. The third-order valence-corrected chi connectivity index (χ3v) is 4.56. The molecular weight excluding hydrogens is 368 g/mol. The van der Waals surface area contributed by atoms with E-state index in [1.807, 2.05) is 36.4 Å². The number of morpholine rings is 1. The first-order valence-corrected chi connectivity index (χ1v) is 9.67. The van der Waals surface area contributed by atoms with Crippen LogP contribution >= 0.6 is 0 Å². The zero-order valence-corrected chi connectivity index (χ0v) is 16.1. The molecule has 0 spiro atoms. The van der Waals surface area contributed by atoms with Crippen molar-refractivity contribution in [1.82, 2.24) is 15.0 Å². The summed E-state index contributed by atoms with van der Waals surface area (Å²) in [4.78, 5) is 15.7. The molecule has 0 atom stereocenters. The first-order chi connectivity index (χ1) is 14.3. The summed E-state index contributed by atoms with van der Waals surface area (Å²) in [5.41, 5.74) is 3.57. The Morgan fingerprint density at radius 3 is 2.55 bits per heavy atom. The Balaban J connectivity index is 1.55. The quantitative estimate of drug-likeness (QED) is 0.565. The molecule has 29 heavy (non-hydrogen) atoms. The van der Waals surface area contributed by atoms with Gasteiger partial charge in [-0.25, -0.2) is 4.98 Å². The Morgan fingerprint density at radius 1 is 1.00 bits per heavy atom. The monoisotopic (exact) mass is 392 g/mol. The molecule has 0 aliphatic carbocycles. The van der Waals surface area contributed by atoms with E-state index in [4.69, 9.17) is 9.84 Å². The summed E-state index contributed by atoms with van der Waals surface area (Å²) >= 11 is 0. The van der Waals surface area contributed by atoms with Crippen LogP contribution in [0.1, 0.15) is 0 Å². The molecule has 1 aliphatic heterocycles. The zero-order valence-electron chi connectivity index (χ0n) is 16.1. The lowest BCUT2D eigenvalue weighted by Crippen LogP contribution is -2.36. The number of anilines is 4. The normalized spacial score (nSPS) is 13.9. The van der Waals surface area contributed by atoms with Crippen LogP contribution in [0.25, 0.3) is 11.4 Å². The Kier molecular flexibility index (Phi) is 6.13. The van der Waals surface area contributed by atoms with E-state index in [-0.39, 0.29) is 6.61 Å². The van der Waals surface area contributed by atoms with Gasteiger partial charge < -0.3 is 25.4 Å². The van der Waals surface area contributed by atoms with Gasteiger partial charge in [0.25, 0.3) is 0 Å². The lowest BCUT2D eigenvalue weighted by Gasteiger charge is -2.28. The van der Waals surface area contributed by atoms with E-state index in [1.165, 1.54) is 5.69 Å². The molecule has 0 unspecified atom stereocenters. The average Bonchev–Trinajstić information content (AvgIpc) is 2.79. The van der Waals surface area contributed by atoms with E-state index in [9.17, 15) is 0 Å². The number of aliphatic hydroxyl groups excluding tert-OH is 1. The van der Waals surface area contributed by atoms with Crippen LogP contribution in [0.3, 0.4) is 0 Å². The molecule has 1 saturated heterocycles. The minimum atomic E-state index is 0.00292. The van der Waals surface area contributed by atoms with Crippen molar-refractivity contribution in [1.29, 1.82) is 0 Å². The predicted molar refractivity (Wildman–Crippen MR) is 114 cm³/mol. The molecule has 1 fully saturated rings. The van der Waals surface area contributed by atoms with Gasteiger partial charge in [0.1, 0.15) is 5.82 Å². The molecule has 1 aromatic carbocycles. The van der Waals surface area contributed by atoms with Gasteiger partial charge in [-0.1, -0.05) is 6.07 Å². The van der Waals surface area contributed by atoms with E-state index < -0.39 is 0 Å². The van der Waals surface area contributed by atoms with Crippen LogP contribution in [0.5, 0.6) is 0 Å². The summed E-state index contributed by atoms with van der Waals surface area (Å²) in [7, 11) is 0. The molecule has 0 saturated carbocycles. The van der Waals surface area contributed by atoms with E-state index in [0.717, 1.165) is 37.7 Å². The lowest BCUT2D eigenvalue weighted by atomic mass is 10.2. The van der Waals surface area contributed by atoms with Gasteiger partial charge in [-0.2, -0.15) is 4.98 Å². The molecule has 1 aliphatic rings. The SMILES string of the molecule is OCCNc1nc(Nc2ccc(N3CCOCC3)cc2)cc(-c2ccccn2)n1. The molecule has 0 radical (unpaired) electrons. The fourth-order valence-corrected chi connectivity index (χ4v) is 3.13. The van der Waals surface area contributed by atoms with E-state index in [2.05, 4.69) is 42.6 Å². The Morgan fingerprint density at radius 2 is 1.83 bits per heavy atom. The topological polar surface area (TPSA) is 95.4 Å². The first-order valence-electron chi connectivity index (χ1n) is 9.67. The van der Waals surface area contributed by atoms with E-state index in [1.54, 1.807) is 6.20 Å². The van der Waals surface area contributed by atoms with Crippen molar-refractivity contribution in [2.24, 2.45) is 0 Å². The number of rotatable bonds is 7. The molecule has 0 bridgehead atoms. The van der Waals surface area contributed by atoms with E-state index >= 15 is 0 Å². The van der Waals surface area contributed by atoms with Crippen molar-refractivity contribution in [2.75, 3.05) is 55.0 Å². The average molecular weight is 392 g/mol. The second-order valence-electron chi connectivity index (χ2n) is 6.60. The molecular formula is C21H24N6O2. The highest BCUT2D eigenvalue weighted by atomic mass is 16.5. The minimum absolute atomic E-state index is 0.00292. The van der Waals surface area contributed by atoms with Crippen LogP contribution in [-0.4, -0.2) is 59.5 Å². The number of pyridine rings is 1. The first kappa shape index (κ1) is 19.1. The van der Waals surface area contributed by atoms with Gasteiger partial charge in [0.05, 0.1) is 31.2 Å². The Hall–Kier alpha value is -3.23. The number of hydrogen-bond acceptors (Lipinski definition) is 8. The fraction of sp³-hybridized carbons (Fsp3) is 0.286. The highest BCUT2D eigenvalue weighted by Gasteiger charge is 2.11. The van der Waals surface area contributed by atoms with Crippen molar-refractivity contribution in [3.05, 3.63) is 54.7 Å². The molecule has 0 amide bonds. The molecule has 2 aromatic heterocycles. The van der Waals surface area contributed by atoms with Crippen molar-refractivity contribution in [3.63, 3.8) is 0 Å². The van der Waals surface area contributed by atoms with Crippen molar-refractivity contribution in [3.8, 4) is 11.4 Å². The minimum Gasteiger partial charge on any atom is -0.395 e. The van der Waals surface area contributed by atoms with Crippen LogP contribution in [0, 0.1) is 0 Å². The largest absolute Gasteiger partial charge is 0.395 e. The molecule has 3 aromatic rings. The molecule has 4 rings (SSSR count). The predicted octanol–water partition coefficient (Wildman–Crippen LogP) is 2.52. The number of nitrogens with zero attached hydrogens (tertiary/aromatic N) is 4. The summed E-state index contributed by atoms with van der Waals surface area (Å²) < 4.78 is 5.42. The number of aliphatic hydroxyl groups is 1. The number of hydrogen-bond donors (Lipinski definition) is 3. The second-order valence-corrected chi connectivity index (χ2v) is 6.60. The number of nitrogens with one attached hydrogen (secondary N) is 2. The highest BCUT2D eigenvalue weighted by Crippen LogP contribution is 2.24.